The van der Waals surface area contributed by atoms with Crippen LogP contribution in [0.2, 0.25) is 0 Å². The molecule has 0 N–H and O–H groups in total. The molecule has 1 heterocycles. The van der Waals surface area contributed by atoms with Crippen LogP contribution in [0, 0.1) is 21.4 Å². The van der Waals surface area contributed by atoms with Gasteiger partial charge in [-0.1, -0.05) is 15.9 Å². The maximum Gasteiger partial charge on any atom is 0.270 e. The van der Waals surface area contributed by atoms with Crippen molar-refractivity contribution in [2.24, 2.45) is 0 Å². The van der Waals surface area contributed by atoms with E-state index in [2.05, 4.69) is 26.0 Å². The molecule has 0 amide bonds. The van der Waals surface area contributed by atoms with Crippen molar-refractivity contribution in [2.75, 3.05) is 0 Å². The Balaban J connectivity index is 2.24. The molecular formula is C10H6BrN5O2. The monoisotopic (exact) mass is 307 g/mol. The molecule has 2 rings (SSSR count). The number of nitriles is 1. The maximum atomic E-state index is 10.6. The Labute approximate surface area is 110 Å². The Morgan fingerprint density at radius 3 is 2.89 bits per heavy atom. The first-order chi connectivity index (χ1) is 8.60. The topological polar surface area (TPSA) is 97.6 Å². The summed E-state index contributed by atoms with van der Waals surface area (Å²) in [5.41, 5.74) is 0.830. The van der Waals surface area contributed by atoms with Crippen LogP contribution in [0.3, 0.4) is 0 Å². The minimum absolute atomic E-state index is 0.0157. The average Bonchev–Trinajstić information content (AvgIpc) is 2.79. The van der Waals surface area contributed by atoms with Gasteiger partial charge in [-0.25, -0.2) is 9.67 Å². The summed E-state index contributed by atoms with van der Waals surface area (Å²) >= 11 is 3.27. The number of hydrogen-bond donors (Lipinski definition) is 0. The highest BCUT2D eigenvalue weighted by atomic mass is 79.9. The molecule has 0 bridgehead atoms. The lowest BCUT2D eigenvalue weighted by Crippen LogP contribution is -2.02. The van der Waals surface area contributed by atoms with E-state index in [-0.39, 0.29) is 11.5 Å². The summed E-state index contributed by atoms with van der Waals surface area (Å²) < 4.78 is 2.11. The Bertz CT molecular complexity index is 646. The minimum Gasteiger partial charge on any atom is -0.258 e. The van der Waals surface area contributed by atoms with Crippen LogP contribution in [0.5, 0.6) is 0 Å². The molecule has 0 unspecified atom stereocenters. The van der Waals surface area contributed by atoms with E-state index in [1.807, 2.05) is 6.07 Å². The zero-order valence-electron chi connectivity index (χ0n) is 8.95. The van der Waals surface area contributed by atoms with Gasteiger partial charge in [0.25, 0.3) is 11.5 Å². The van der Waals surface area contributed by atoms with Gasteiger partial charge in [0.1, 0.15) is 12.4 Å². The molecule has 0 atom stereocenters. The molecule has 0 saturated carbocycles. The molecule has 0 aliphatic heterocycles. The lowest BCUT2D eigenvalue weighted by Gasteiger charge is -2.03. The lowest BCUT2D eigenvalue weighted by molar-refractivity contribution is -0.384. The van der Waals surface area contributed by atoms with Gasteiger partial charge < -0.3 is 0 Å². The van der Waals surface area contributed by atoms with Crippen molar-refractivity contribution in [1.82, 2.24) is 14.8 Å². The molecule has 2 aromatic rings. The minimum atomic E-state index is -0.461. The molecule has 8 heteroatoms. The molecule has 0 aliphatic rings. The third kappa shape index (κ3) is 2.52. The normalized spacial score (nSPS) is 10.0. The van der Waals surface area contributed by atoms with Crippen molar-refractivity contribution in [3.05, 3.63) is 50.5 Å². The van der Waals surface area contributed by atoms with Crippen molar-refractivity contribution < 1.29 is 4.92 Å². The maximum absolute atomic E-state index is 10.6. The van der Waals surface area contributed by atoms with Gasteiger partial charge in [0.2, 0.25) is 0 Å². The summed E-state index contributed by atoms with van der Waals surface area (Å²) in [5, 5.41) is 23.1. The number of halogens is 1. The van der Waals surface area contributed by atoms with Gasteiger partial charge in [-0.05, 0) is 11.6 Å². The second-order valence-electron chi connectivity index (χ2n) is 3.41. The molecule has 0 aliphatic carbocycles. The molecule has 0 saturated heterocycles. The fourth-order valence-corrected chi connectivity index (χ4v) is 1.87. The lowest BCUT2D eigenvalue weighted by atomic mass is 10.2. The Kier molecular flexibility index (Phi) is 3.34. The van der Waals surface area contributed by atoms with Crippen LogP contribution >= 0.6 is 15.9 Å². The van der Waals surface area contributed by atoms with Crippen molar-refractivity contribution >= 4 is 21.6 Å². The quantitative estimate of drug-likeness (QED) is 0.637. The van der Waals surface area contributed by atoms with Crippen molar-refractivity contribution in [3.8, 4) is 6.07 Å². The predicted octanol–water partition coefficient (Wildman–Crippen LogP) is 1.87. The standard InChI is InChI=1S/C10H6BrN5O2/c11-9-3-8(16(17)18)2-1-7(9)5-15-6-13-10(4-12)14-15/h1-3,6H,5H2. The van der Waals surface area contributed by atoms with E-state index in [4.69, 9.17) is 5.26 Å². The van der Waals surface area contributed by atoms with Gasteiger partial charge in [0.05, 0.1) is 11.5 Å². The van der Waals surface area contributed by atoms with E-state index in [9.17, 15) is 10.1 Å². The number of nitro benzene ring substituents is 1. The van der Waals surface area contributed by atoms with Crippen LogP contribution < -0.4 is 0 Å². The molecule has 1 aromatic heterocycles. The highest BCUT2D eigenvalue weighted by Gasteiger charge is 2.10. The van der Waals surface area contributed by atoms with Gasteiger partial charge in [0, 0.05) is 16.6 Å². The van der Waals surface area contributed by atoms with Gasteiger partial charge in [-0.15, -0.1) is 5.10 Å². The molecule has 7 nitrogen and oxygen atoms in total. The Hall–Kier alpha value is -2.27. The molecule has 0 fully saturated rings. The second-order valence-corrected chi connectivity index (χ2v) is 4.26. The van der Waals surface area contributed by atoms with E-state index >= 15 is 0 Å². The predicted molar refractivity (Wildman–Crippen MR) is 64.6 cm³/mol. The highest BCUT2D eigenvalue weighted by molar-refractivity contribution is 9.10. The largest absolute Gasteiger partial charge is 0.270 e. The number of rotatable bonds is 3. The van der Waals surface area contributed by atoms with Crippen LogP contribution in [0.4, 0.5) is 5.69 Å². The van der Waals surface area contributed by atoms with E-state index in [0.29, 0.717) is 11.0 Å². The first kappa shape index (κ1) is 12.2. The summed E-state index contributed by atoms with van der Waals surface area (Å²) in [4.78, 5) is 13.9. The molecule has 18 heavy (non-hydrogen) atoms. The first-order valence-corrected chi connectivity index (χ1v) is 5.62. The summed E-state index contributed by atoms with van der Waals surface area (Å²) in [6.45, 7) is 0.382. The third-order valence-corrected chi connectivity index (χ3v) is 2.95. The first-order valence-electron chi connectivity index (χ1n) is 4.82. The number of aromatic nitrogens is 3. The van der Waals surface area contributed by atoms with Gasteiger partial charge in [-0.2, -0.15) is 5.26 Å². The average molecular weight is 308 g/mol. The summed E-state index contributed by atoms with van der Waals surface area (Å²) in [6.07, 6.45) is 1.44. The number of nitro groups is 1. The van der Waals surface area contributed by atoms with Crippen LogP contribution in [0.15, 0.2) is 29.0 Å². The molecule has 0 radical (unpaired) electrons. The smallest absolute Gasteiger partial charge is 0.258 e. The summed E-state index contributed by atoms with van der Waals surface area (Å²) in [6, 6.07) is 6.31. The number of non-ortho nitro benzene ring substituents is 1. The third-order valence-electron chi connectivity index (χ3n) is 2.22. The van der Waals surface area contributed by atoms with E-state index in [0.717, 1.165) is 5.56 Å². The van der Waals surface area contributed by atoms with Crippen molar-refractivity contribution in [1.29, 1.82) is 5.26 Å². The second kappa shape index (κ2) is 4.93. The summed E-state index contributed by atoms with van der Waals surface area (Å²) in [7, 11) is 0. The fourth-order valence-electron chi connectivity index (χ4n) is 1.37. The fraction of sp³-hybridized carbons (Fsp3) is 0.100. The van der Waals surface area contributed by atoms with Crippen molar-refractivity contribution in [3.63, 3.8) is 0 Å². The number of nitrogens with zero attached hydrogens (tertiary/aromatic N) is 5. The zero-order valence-corrected chi connectivity index (χ0v) is 10.5. The summed E-state index contributed by atoms with van der Waals surface area (Å²) in [5.74, 6) is 0.0908. The van der Waals surface area contributed by atoms with E-state index in [1.165, 1.54) is 23.1 Å². The SMILES string of the molecule is N#Cc1ncn(Cc2ccc([N+](=O)[O-])cc2Br)n1. The van der Waals surface area contributed by atoms with Gasteiger partial charge in [0.15, 0.2) is 0 Å². The van der Waals surface area contributed by atoms with Crippen LogP contribution in [0.1, 0.15) is 11.4 Å². The molecule has 1 aromatic carbocycles. The molecular weight excluding hydrogens is 302 g/mol. The van der Waals surface area contributed by atoms with Gasteiger partial charge in [-0.3, -0.25) is 10.1 Å². The number of hydrogen-bond acceptors (Lipinski definition) is 5. The van der Waals surface area contributed by atoms with Crippen LogP contribution in [-0.4, -0.2) is 19.7 Å². The molecule has 90 valence electrons. The van der Waals surface area contributed by atoms with Crippen LogP contribution in [0.25, 0.3) is 0 Å². The zero-order chi connectivity index (χ0) is 13.1. The molecule has 0 spiro atoms. The highest BCUT2D eigenvalue weighted by Crippen LogP contribution is 2.23. The Morgan fingerprint density at radius 2 is 2.33 bits per heavy atom. The van der Waals surface area contributed by atoms with E-state index in [1.54, 1.807) is 6.07 Å². The van der Waals surface area contributed by atoms with Crippen molar-refractivity contribution in [2.45, 2.75) is 6.54 Å². The Morgan fingerprint density at radius 1 is 1.56 bits per heavy atom. The van der Waals surface area contributed by atoms with Gasteiger partial charge >= 0.3 is 0 Å². The van der Waals surface area contributed by atoms with Crippen LogP contribution in [-0.2, 0) is 6.54 Å². The number of benzene rings is 1. The van der Waals surface area contributed by atoms with E-state index < -0.39 is 4.92 Å².